The van der Waals surface area contributed by atoms with Gasteiger partial charge in [-0.3, -0.25) is 9.36 Å². The molecule has 0 unspecified atom stereocenters. The normalized spacial score (nSPS) is 11.1. The number of H-pyrrole nitrogens is 1. The van der Waals surface area contributed by atoms with Crippen LogP contribution in [-0.2, 0) is 0 Å². The van der Waals surface area contributed by atoms with Crippen molar-refractivity contribution in [2.45, 2.75) is 29.9 Å². The fraction of sp³-hybridized carbons (Fsp3) is 0.250. The highest BCUT2D eigenvalue weighted by Crippen LogP contribution is 2.31. The highest BCUT2D eigenvalue weighted by molar-refractivity contribution is 7.99. The number of nitrogens with zero attached hydrogens (tertiary/aromatic N) is 2. The average Bonchev–Trinajstić information content (AvgIpc) is 2.74. The summed E-state index contributed by atoms with van der Waals surface area (Å²) in [5.74, 6) is -1.74. The molecule has 0 aliphatic heterocycles. The van der Waals surface area contributed by atoms with Crippen LogP contribution in [0.2, 0.25) is 0 Å². The number of carbonyl (C=O) groups excluding carboxylic acids is 1. The van der Waals surface area contributed by atoms with Crippen molar-refractivity contribution in [2.75, 3.05) is 0 Å². The number of halogens is 2. The Morgan fingerprint density at radius 3 is 2.45 bits per heavy atom. The number of hydrogen-bond acceptors (Lipinski definition) is 4. The lowest BCUT2D eigenvalue weighted by atomic mass is 10.2. The summed E-state index contributed by atoms with van der Waals surface area (Å²) in [4.78, 5) is 21.8. The lowest BCUT2D eigenvalue weighted by Gasteiger charge is -2.09. The molecule has 0 aliphatic rings. The molecule has 0 saturated carbocycles. The second-order valence-electron chi connectivity index (χ2n) is 4.31. The number of benzene rings is 1. The van der Waals surface area contributed by atoms with Gasteiger partial charge in [0.1, 0.15) is 17.9 Å². The van der Waals surface area contributed by atoms with Crippen LogP contribution in [0, 0.1) is 11.6 Å². The molecule has 0 spiro atoms. The Bertz CT molecular complexity index is 686. The van der Waals surface area contributed by atoms with Crippen molar-refractivity contribution in [3.63, 3.8) is 0 Å². The standard InChI is InChI=1S/C12H11F2N3O2S/c1-6(2)17-11(19)15-16-12(17)20-10-8(13)3-7(5-18)4-9(10)14/h3-6H,1-2H3,(H,15,19). The molecule has 1 aromatic carbocycles. The summed E-state index contributed by atoms with van der Waals surface area (Å²) in [7, 11) is 0. The molecule has 0 aliphatic carbocycles. The second kappa shape index (κ2) is 5.58. The van der Waals surface area contributed by atoms with E-state index in [2.05, 4.69) is 10.2 Å². The van der Waals surface area contributed by atoms with Crippen LogP contribution in [0.3, 0.4) is 0 Å². The first-order valence-corrected chi connectivity index (χ1v) is 6.54. The van der Waals surface area contributed by atoms with Gasteiger partial charge in [-0.1, -0.05) is 0 Å². The zero-order valence-corrected chi connectivity index (χ0v) is 11.5. The third kappa shape index (κ3) is 2.64. The zero-order chi connectivity index (χ0) is 14.9. The van der Waals surface area contributed by atoms with Gasteiger partial charge in [0.2, 0.25) is 0 Å². The molecule has 5 nitrogen and oxygen atoms in total. The first-order chi connectivity index (χ1) is 9.43. The zero-order valence-electron chi connectivity index (χ0n) is 10.7. The number of aromatic amines is 1. The van der Waals surface area contributed by atoms with E-state index in [1.54, 1.807) is 13.8 Å². The van der Waals surface area contributed by atoms with Crippen LogP contribution < -0.4 is 5.69 Å². The minimum Gasteiger partial charge on any atom is -0.298 e. The minimum atomic E-state index is -0.872. The molecule has 1 N–H and O–H groups in total. The monoisotopic (exact) mass is 299 g/mol. The first kappa shape index (κ1) is 14.4. The SMILES string of the molecule is CC(C)n1c(Sc2c(F)cc(C=O)cc2F)n[nH]c1=O. The first-order valence-electron chi connectivity index (χ1n) is 5.73. The topological polar surface area (TPSA) is 67.8 Å². The van der Waals surface area contributed by atoms with Crippen molar-refractivity contribution in [3.8, 4) is 0 Å². The molecule has 0 radical (unpaired) electrons. The van der Waals surface area contributed by atoms with Crippen molar-refractivity contribution in [2.24, 2.45) is 0 Å². The molecule has 20 heavy (non-hydrogen) atoms. The predicted molar refractivity (Wildman–Crippen MR) is 69.1 cm³/mol. The van der Waals surface area contributed by atoms with Crippen LogP contribution in [0.15, 0.2) is 27.0 Å². The van der Waals surface area contributed by atoms with Crippen LogP contribution in [0.4, 0.5) is 8.78 Å². The maximum absolute atomic E-state index is 13.8. The fourth-order valence-electron chi connectivity index (χ4n) is 1.65. The van der Waals surface area contributed by atoms with Gasteiger partial charge < -0.3 is 0 Å². The Morgan fingerprint density at radius 1 is 1.35 bits per heavy atom. The minimum absolute atomic E-state index is 0.0902. The lowest BCUT2D eigenvalue weighted by molar-refractivity contribution is 0.112. The number of nitrogens with one attached hydrogen (secondary N) is 1. The summed E-state index contributed by atoms with van der Waals surface area (Å²) < 4.78 is 28.8. The highest BCUT2D eigenvalue weighted by Gasteiger charge is 2.18. The maximum atomic E-state index is 13.8. The molecule has 2 aromatic rings. The van der Waals surface area contributed by atoms with Gasteiger partial charge in [-0.25, -0.2) is 18.7 Å². The molecule has 1 aromatic heterocycles. The number of hydrogen-bond donors (Lipinski definition) is 1. The van der Waals surface area contributed by atoms with E-state index in [0.717, 1.165) is 12.1 Å². The molecular formula is C12H11F2N3O2S. The number of carbonyl (C=O) groups is 1. The van der Waals surface area contributed by atoms with E-state index >= 15 is 0 Å². The van der Waals surface area contributed by atoms with E-state index < -0.39 is 17.3 Å². The van der Waals surface area contributed by atoms with E-state index in [9.17, 15) is 18.4 Å². The summed E-state index contributed by atoms with van der Waals surface area (Å²) in [5, 5.41) is 6.13. The van der Waals surface area contributed by atoms with Crippen molar-refractivity contribution >= 4 is 18.0 Å². The van der Waals surface area contributed by atoms with Crippen molar-refractivity contribution in [1.29, 1.82) is 0 Å². The molecule has 106 valence electrons. The van der Waals surface area contributed by atoms with Crippen LogP contribution in [0.5, 0.6) is 0 Å². The summed E-state index contributed by atoms with van der Waals surface area (Å²) in [6, 6.07) is 1.66. The summed E-state index contributed by atoms with van der Waals surface area (Å²) in [6.07, 6.45) is 0.360. The van der Waals surface area contributed by atoms with Crippen molar-refractivity contribution < 1.29 is 13.6 Å². The summed E-state index contributed by atoms with van der Waals surface area (Å²) in [6.45, 7) is 3.51. The molecule has 2 rings (SSSR count). The molecule has 0 saturated heterocycles. The molecular weight excluding hydrogens is 288 g/mol. The van der Waals surface area contributed by atoms with E-state index in [1.807, 2.05) is 0 Å². The van der Waals surface area contributed by atoms with Gasteiger partial charge in [0, 0.05) is 11.6 Å². The summed E-state index contributed by atoms with van der Waals surface area (Å²) >= 11 is 0.690. The molecule has 0 atom stereocenters. The smallest absolute Gasteiger partial charge is 0.298 e. The Balaban J connectivity index is 2.46. The lowest BCUT2D eigenvalue weighted by Crippen LogP contribution is -2.19. The maximum Gasteiger partial charge on any atom is 0.344 e. The molecule has 1 heterocycles. The van der Waals surface area contributed by atoms with Gasteiger partial charge in [0.25, 0.3) is 0 Å². The Morgan fingerprint density at radius 2 is 1.95 bits per heavy atom. The van der Waals surface area contributed by atoms with E-state index in [4.69, 9.17) is 0 Å². The van der Waals surface area contributed by atoms with Gasteiger partial charge in [0.05, 0.1) is 4.90 Å². The van der Waals surface area contributed by atoms with E-state index in [1.165, 1.54) is 4.57 Å². The van der Waals surface area contributed by atoms with Gasteiger partial charge in [-0.05, 0) is 37.7 Å². The Labute approximate surface area is 117 Å². The van der Waals surface area contributed by atoms with Crippen molar-refractivity contribution in [1.82, 2.24) is 14.8 Å². The van der Waals surface area contributed by atoms with Gasteiger partial charge in [-0.2, -0.15) is 0 Å². The van der Waals surface area contributed by atoms with Gasteiger partial charge >= 0.3 is 5.69 Å². The number of rotatable bonds is 4. The molecule has 0 amide bonds. The number of aromatic nitrogens is 3. The number of aldehydes is 1. The summed E-state index contributed by atoms with van der Waals surface area (Å²) in [5.41, 5.74) is -0.541. The predicted octanol–water partition coefficient (Wildman–Crippen LogP) is 2.39. The quantitative estimate of drug-likeness (QED) is 0.880. The third-order valence-electron chi connectivity index (χ3n) is 2.54. The molecule has 8 heteroatoms. The third-order valence-corrected chi connectivity index (χ3v) is 3.60. The largest absolute Gasteiger partial charge is 0.344 e. The van der Waals surface area contributed by atoms with Crippen molar-refractivity contribution in [3.05, 3.63) is 39.8 Å². The van der Waals surface area contributed by atoms with E-state index in [-0.39, 0.29) is 21.7 Å². The van der Waals surface area contributed by atoms with Crippen LogP contribution >= 0.6 is 11.8 Å². The second-order valence-corrected chi connectivity index (χ2v) is 5.29. The Hall–Kier alpha value is -1.96. The van der Waals surface area contributed by atoms with Gasteiger partial charge in [-0.15, -0.1) is 5.10 Å². The van der Waals surface area contributed by atoms with Crippen LogP contribution in [-0.4, -0.2) is 21.1 Å². The van der Waals surface area contributed by atoms with Gasteiger partial charge in [0.15, 0.2) is 5.16 Å². The fourth-order valence-corrected chi connectivity index (χ4v) is 2.63. The van der Waals surface area contributed by atoms with Crippen LogP contribution in [0.25, 0.3) is 0 Å². The Kier molecular flexibility index (Phi) is 4.03. The highest BCUT2D eigenvalue weighted by atomic mass is 32.2. The average molecular weight is 299 g/mol. The van der Waals surface area contributed by atoms with Crippen LogP contribution in [0.1, 0.15) is 30.2 Å². The van der Waals surface area contributed by atoms with E-state index in [0.29, 0.717) is 18.0 Å². The molecule has 0 fully saturated rings. The molecule has 0 bridgehead atoms.